The van der Waals surface area contributed by atoms with E-state index in [9.17, 15) is 19.8 Å². The van der Waals surface area contributed by atoms with Crippen molar-refractivity contribution in [2.75, 3.05) is 13.2 Å². The second-order valence-corrected chi connectivity index (χ2v) is 30.6. The van der Waals surface area contributed by atoms with Crippen LogP contribution in [0.5, 0.6) is 0 Å². The van der Waals surface area contributed by atoms with Gasteiger partial charge in [-0.25, -0.2) is 0 Å². The van der Waals surface area contributed by atoms with Crippen LogP contribution in [0.25, 0.3) is 0 Å². The lowest BCUT2D eigenvalue weighted by atomic mass is 10.0. The number of esters is 1. The third kappa shape index (κ3) is 82.7. The van der Waals surface area contributed by atoms with Crippen molar-refractivity contribution in [1.29, 1.82) is 0 Å². The molecule has 0 saturated carbocycles. The van der Waals surface area contributed by atoms with Crippen molar-refractivity contribution >= 4 is 11.9 Å². The summed E-state index contributed by atoms with van der Waals surface area (Å²) >= 11 is 0. The molecule has 0 radical (unpaired) electrons. The van der Waals surface area contributed by atoms with Gasteiger partial charge in [0.15, 0.2) is 0 Å². The molecule has 1 amide bonds. The van der Waals surface area contributed by atoms with Crippen molar-refractivity contribution < 1.29 is 24.5 Å². The second kappa shape index (κ2) is 86.2. The van der Waals surface area contributed by atoms with Crippen LogP contribution in [-0.2, 0) is 14.3 Å². The third-order valence-electron chi connectivity index (χ3n) is 20.8. The topological polar surface area (TPSA) is 95.9 Å². The Morgan fingerprint density at radius 1 is 0.289 bits per heavy atom. The molecular formula is C91H173NO5. The fourth-order valence-electron chi connectivity index (χ4n) is 14.1. The zero-order valence-corrected chi connectivity index (χ0v) is 65.8. The number of ether oxygens (including phenoxy) is 1. The first-order chi connectivity index (χ1) is 48.0. The number of carbonyl (C=O) groups is 2. The van der Waals surface area contributed by atoms with E-state index in [4.69, 9.17) is 4.74 Å². The Hall–Kier alpha value is -2.18. The highest BCUT2D eigenvalue weighted by molar-refractivity contribution is 5.76. The van der Waals surface area contributed by atoms with E-state index in [2.05, 4.69) is 55.6 Å². The SMILES string of the molecule is CCCCCC/C=C\C/C=C\CCCCCCCCCC(=O)OCCCCCCCCCCCCCCCCCCCC/C=C\CCCCCCCCCCCCCCCCCCCC(=O)NC(CO)C(O)/C=C/CCCCCCCCCCCCCCCCCCCCCCC. The van der Waals surface area contributed by atoms with Gasteiger partial charge in [-0.05, 0) is 89.9 Å². The van der Waals surface area contributed by atoms with Gasteiger partial charge in [0.05, 0.1) is 25.4 Å². The number of hydrogen-bond donors (Lipinski definition) is 3. The van der Waals surface area contributed by atoms with Crippen LogP contribution in [0.15, 0.2) is 48.6 Å². The summed E-state index contributed by atoms with van der Waals surface area (Å²) in [6, 6.07) is -0.626. The number of amides is 1. The van der Waals surface area contributed by atoms with Gasteiger partial charge in [0, 0.05) is 12.8 Å². The fourth-order valence-corrected chi connectivity index (χ4v) is 14.1. The molecule has 0 aromatic rings. The van der Waals surface area contributed by atoms with Crippen molar-refractivity contribution in [3.8, 4) is 0 Å². The highest BCUT2D eigenvalue weighted by atomic mass is 16.5. The van der Waals surface area contributed by atoms with Crippen LogP contribution in [-0.4, -0.2) is 47.4 Å². The van der Waals surface area contributed by atoms with Gasteiger partial charge in [-0.2, -0.15) is 0 Å². The minimum Gasteiger partial charge on any atom is -0.466 e. The molecule has 0 spiro atoms. The van der Waals surface area contributed by atoms with E-state index in [0.717, 1.165) is 51.4 Å². The Morgan fingerprint density at radius 2 is 0.515 bits per heavy atom. The molecule has 2 atom stereocenters. The summed E-state index contributed by atoms with van der Waals surface area (Å²) in [5.74, 6) is -0.0428. The molecule has 572 valence electrons. The first-order valence-electron chi connectivity index (χ1n) is 44.4. The third-order valence-corrected chi connectivity index (χ3v) is 20.8. The fraction of sp³-hybridized carbons (Fsp3) is 0.890. The predicted octanol–water partition coefficient (Wildman–Crippen LogP) is 29.9. The van der Waals surface area contributed by atoms with E-state index in [1.165, 1.54) is 417 Å². The summed E-state index contributed by atoms with van der Waals surface area (Å²) < 4.78 is 5.51. The lowest BCUT2D eigenvalue weighted by molar-refractivity contribution is -0.143. The Bertz CT molecular complexity index is 1620. The Labute approximate surface area is 607 Å². The first-order valence-corrected chi connectivity index (χ1v) is 44.4. The largest absolute Gasteiger partial charge is 0.466 e. The number of unbranched alkanes of at least 4 members (excludes halogenated alkanes) is 67. The molecule has 0 aliphatic heterocycles. The van der Waals surface area contributed by atoms with E-state index in [1.54, 1.807) is 6.08 Å². The van der Waals surface area contributed by atoms with Crippen LogP contribution in [0.4, 0.5) is 0 Å². The van der Waals surface area contributed by atoms with Crippen LogP contribution in [0, 0.1) is 0 Å². The Kier molecular flexibility index (Phi) is 84.3. The van der Waals surface area contributed by atoms with E-state index in [0.29, 0.717) is 19.4 Å². The smallest absolute Gasteiger partial charge is 0.305 e. The van der Waals surface area contributed by atoms with Gasteiger partial charge in [0.1, 0.15) is 0 Å². The highest BCUT2D eigenvalue weighted by Gasteiger charge is 2.18. The molecule has 0 saturated heterocycles. The van der Waals surface area contributed by atoms with Gasteiger partial charge >= 0.3 is 5.97 Å². The van der Waals surface area contributed by atoms with Gasteiger partial charge in [0.2, 0.25) is 5.91 Å². The number of allylic oxidation sites excluding steroid dienone is 7. The van der Waals surface area contributed by atoms with E-state index < -0.39 is 12.1 Å². The number of nitrogens with one attached hydrogen (secondary N) is 1. The summed E-state index contributed by atoms with van der Waals surface area (Å²) in [5.41, 5.74) is 0. The maximum Gasteiger partial charge on any atom is 0.305 e. The van der Waals surface area contributed by atoms with Gasteiger partial charge in [-0.1, -0.05) is 441 Å². The summed E-state index contributed by atoms with van der Waals surface area (Å²) in [6.07, 6.45) is 116. The zero-order chi connectivity index (χ0) is 69.8. The molecule has 0 rings (SSSR count). The number of hydrogen-bond acceptors (Lipinski definition) is 5. The molecule has 0 bridgehead atoms. The lowest BCUT2D eigenvalue weighted by Crippen LogP contribution is -2.45. The molecule has 2 unspecified atom stereocenters. The minimum absolute atomic E-state index is 0.0157. The van der Waals surface area contributed by atoms with Crippen molar-refractivity contribution in [2.24, 2.45) is 0 Å². The molecule has 0 aromatic carbocycles. The van der Waals surface area contributed by atoms with Gasteiger partial charge in [0.25, 0.3) is 0 Å². The summed E-state index contributed by atoms with van der Waals surface area (Å²) in [6.45, 7) is 4.94. The van der Waals surface area contributed by atoms with E-state index >= 15 is 0 Å². The number of carbonyl (C=O) groups excluding carboxylic acids is 2. The second-order valence-electron chi connectivity index (χ2n) is 30.6. The Balaban J connectivity index is 3.35. The van der Waals surface area contributed by atoms with Crippen molar-refractivity contribution in [3.05, 3.63) is 48.6 Å². The monoisotopic (exact) mass is 1360 g/mol. The van der Waals surface area contributed by atoms with Gasteiger partial charge in [-0.3, -0.25) is 9.59 Å². The normalized spacial score (nSPS) is 12.7. The standard InChI is InChI=1S/C91H173NO5/c1-3-5-7-9-11-13-15-17-19-21-23-24-42-45-48-51-55-59-63-67-71-75-79-83-89(94)88(87-93)92-90(95)84-80-76-72-68-64-60-56-52-49-46-43-40-38-36-34-32-30-28-26-25-27-29-31-33-35-37-39-41-44-47-50-54-58-62-66-70-74-78-82-86-97-91(96)85-81-77-73-69-65-61-57-53-22-20-18-16-14-12-10-8-6-4-2/h14,16,20,22,25-26,79,83,88-89,93-94H,3-13,15,17-19,21,23-24,27-78,80-82,84-87H2,1-2H3,(H,92,95)/b16-14-,22-20-,26-25-,83-79+. The van der Waals surface area contributed by atoms with Crippen LogP contribution >= 0.6 is 0 Å². The summed E-state index contributed by atoms with van der Waals surface area (Å²) in [5, 5.41) is 23.3. The first kappa shape index (κ1) is 94.8. The number of rotatable bonds is 84. The summed E-state index contributed by atoms with van der Waals surface area (Å²) in [7, 11) is 0. The molecule has 6 heteroatoms. The molecule has 0 aliphatic rings. The quantitative estimate of drug-likeness (QED) is 0.0320. The molecule has 0 aliphatic carbocycles. The van der Waals surface area contributed by atoms with Crippen molar-refractivity contribution in [2.45, 2.75) is 508 Å². The molecule has 0 heterocycles. The maximum absolute atomic E-state index is 12.6. The number of aliphatic hydroxyl groups excluding tert-OH is 2. The van der Waals surface area contributed by atoms with Gasteiger partial charge in [-0.15, -0.1) is 0 Å². The predicted molar refractivity (Wildman–Crippen MR) is 430 cm³/mol. The average molecular weight is 1360 g/mol. The minimum atomic E-state index is -0.843. The van der Waals surface area contributed by atoms with Crippen LogP contribution in [0.1, 0.15) is 495 Å². The number of aliphatic hydroxyl groups is 2. The van der Waals surface area contributed by atoms with Crippen LogP contribution in [0.2, 0.25) is 0 Å². The van der Waals surface area contributed by atoms with E-state index in [1.807, 2.05) is 6.08 Å². The molecule has 0 aromatic heterocycles. The lowest BCUT2D eigenvalue weighted by Gasteiger charge is -2.20. The van der Waals surface area contributed by atoms with Gasteiger partial charge < -0.3 is 20.3 Å². The Morgan fingerprint density at radius 3 is 0.804 bits per heavy atom. The molecule has 0 fully saturated rings. The molecular weight excluding hydrogens is 1190 g/mol. The maximum atomic E-state index is 12.6. The molecule has 97 heavy (non-hydrogen) atoms. The highest BCUT2D eigenvalue weighted by Crippen LogP contribution is 2.21. The summed E-state index contributed by atoms with van der Waals surface area (Å²) in [4.78, 5) is 24.7. The zero-order valence-electron chi connectivity index (χ0n) is 65.8. The average Bonchev–Trinajstić information content (AvgIpc) is 2.52. The van der Waals surface area contributed by atoms with Crippen molar-refractivity contribution in [3.63, 3.8) is 0 Å². The van der Waals surface area contributed by atoms with E-state index in [-0.39, 0.29) is 18.5 Å². The van der Waals surface area contributed by atoms with Crippen LogP contribution < -0.4 is 5.32 Å². The molecule has 3 N–H and O–H groups in total. The van der Waals surface area contributed by atoms with Crippen molar-refractivity contribution in [1.82, 2.24) is 5.32 Å². The molecule has 6 nitrogen and oxygen atoms in total. The van der Waals surface area contributed by atoms with Crippen LogP contribution in [0.3, 0.4) is 0 Å².